The van der Waals surface area contributed by atoms with Crippen LogP contribution in [0.5, 0.6) is 5.75 Å². The number of rotatable bonds is 3. The van der Waals surface area contributed by atoms with Gasteiger partial charge in [-0.25, -0.2) is 9.97 Å². The summed E-state index contributed by atoms with van der Waals surface area (Å²) in [5, 5.41) is 1.06. The van der Waals surface area contributed by atoms with Crippen molar-refractivity contribution in [2.75, 3.05) is 7.11 Å². The molecule has 2 N–H and O–H groups in total. The lowest BCUT2D eigenvalue weighted by molar-refractivity contribution is 0.415. The molecule has 0 unspecified atom stereocenters. The van der Waals surface area contributed by atoms with E-state index in [-0.39, 0.29) is 10.6 Å². The molecule has 20 heavy (non-hydrogen) atoms. The van der Waals surface area contributed by atoms with Crippen molar-refractivity contribution in [3.8, 4) is 5.75 Å². The second-order valence-corrected chi connectivity index (χ2v) is 5.23. The molecule has 8 heteroatoms. The minimum atomic E-state index is -0.373. The minimum Gasteiger partial charge on any atom is -0.497 e. The van der Waals surface area contributed by atoms with Gasteiger partial charge >= 0.3 is 0 Å². The fourth-order valence-corrected chi connectivity index (χ4v) is 2.66. The molecule has 0 spiro atoms. The maximum Gasteiger partial charge on any atom is 0.270 e. The van der Waals surface area contributed by atoms with Crippen LogP contribution in [0.1, 0.15) is 0 Å². The molecule has 0 fully saturated rings. The Labute approximate surface area is 122 Å². The van der Waals surface area contributed by atoms with Gasteiger partial charge in [-0.1, -0.05) is 11.6 Å². The van der Waals surface area contributed by atoms with Gasteiger partial charge in [0.1, 0.15) is 15.8 Å². The number of aromatic amines is 2. The third kappa shape index (κ3) is 2.37. The van der Waals surface area contributed by atoms with Crippen molar-refractivity contribution in [2.45, 2.75) is 10.2 Å². The van der Waals surface area contributed by atoms with E-state index < -0.39 is 0 Å². The van der Waals surface area contributed by atoms with E-state index in [4.69, 9.17) is 16.3 Å². The summed E-state index contributed by atoms with van der Waals surface area (Å²) in [6.07, 6.45) is 1.31. The van der Waals surface area contributed by atoms with Crippen molar-refractivity contribution in [1.29, 1.82) is 0 Å². The number of hydrogen-bond donors (Lipinski definition) is 2. The zero-order valence-electron chi connectivity index (χ0n) is 10.3. The Kier molecular flexibility index (Phi) is 3.37. The Morgan fingerprint density at radius 3 is 3.05 bits per heavy atom. The Morgan fingerprint density at radius 1 is 1.40 bits per heavy atom. The van der Waals surface area contributed by atoms with Gasteiger partial charge in [0.05, 0.1) is 24.5 Å². The van der Waals surface area contributed by atoms with Crippen LogP contribution < -0.4 is 10.3 Å². The maximum absolute atomic E-state index is 11.4. The Hall–Kier alpha value is -1.99. The number of aromatic nitrogens is 4. The van der Waals surface area contributed by atoms with Crippen LogP contribution in [0.3, 0.4) is 0 Å². The highest BCUT2D eigenvalue weighted by molar-refractivity contribution is 7.99. The molecule has 3 aromatic rings. The van der Waals surface area contributed by atoms with Gasteiger partial charge in [-0.05, 0) is 23.9 Å². The number of benzene rings is 1. The fraction of sp³-hybridized carbons (Fsp3) is 0.0833. The van der Waals surface area contributed by atoms with Gasteiger partial charge in [-0.3, -0.25) is 4.79 Å². The van der Waals surface area contributed by atoms with E-state index in [0.29, 0.717) is 10.2 Å². The van der Waals surface area contributed by atoms with Gasteiger partial charge < -0.3 is 14.7 Å². The van der Waals surface area contributed by atoms with E-state index in [1.807, 2.05) is 18.2 Å². The first-order valence-corrected chi connectivity index (χ1v) is 6.81. The number of ether oxygens (including phenoxy) is 1. The SMILES string of the molecule is COc1ccc2nc(Sc3nc[nH]c(=O)c3Cl)[nH]c2c1. The Morgan fingerprint density at radius 2 is 2.25 bits per heavy atom. The van der Waals surface area contributed by atoms with Crippen LogP contribution in [0.2, 0.25) is 5.02 Å². The molecule has 0 amide bonds. The highest BCUT2D eigenvalue weighted by Crippen LogP contribution is 2.29. The average molecular weight is 309 g/mol. The van der Waals surface area contributed by atoms with E-state index in [0.717, 1.165) is 16.8 Å². The van der Waals surface area contributed by atoms with Gasteiger partial charge in [-0.2, -0.15) is 0 Å². The number of fused-ring (bicyclic) bond motifs is 1. The zero-order valence-corrected chi connectivity index (χ0v) is 11.9. The molecule has 0 radical (unpaired) electrons. The van der Waals surface area contributed by atoms with Crippen molar-refractivity contribution >= 4 is 34.4 Å². The summed E-state index contributed by atoms with van der Waals surface area (Å²) in [5.41, 5.74) is 1.27. The summed E-state index contributed by atoms with van der Waals surface area (Å²) in [4.78, 5) is 25.4. The van der Waals surface area contributed by atoms with Crippen molar-refractivity contribution in [1.82, 2.24) is 19.9 Å². The first kappa shape index (κ1) is 13.0. The number of hydrogen-bond acceptors (Lipinski definition) is 5. The first-order chi connectivity index (χ1) is 9.67. The number of H-pyrrole nitrogens is 2. The van der Waals surface area contributed by atoms with Crippen LogP contribution in [0.4, 0.5) is 0 Å². The lowest BCUT2D eigenvalue weighted by Crippen LogP contribution is -2.07. The van der Waals surface area contributed by atoms with E-state index in [1.54, 1.807) is 7.11 Å². The molecule has 1 aromatic carbocycles. The van der Waals surface area contributed by atoms with Crippen molar-refractivity contribution in [3.05, 3.63) is 39.9 Å². The van der Waals surface area contributed by atoms with E-state index >= 15 is 0 Å². The summed E-state index contributed by atoms with van der Waals surface area (Å²) in [6, 6.07) is 5.52. The lowest BCUT2D eigenvalue weighted by atomic mass is 10.3. The van der Waals surface area contributed by atoms with Crippen LogP contribution in [-0.2, 0) is 0 Å². The predicted molar refractivity (Wildman–Crippen MR) is 76.6 cm³/mol. The zero-order chi connectivity index (χ0) is 14.1. The molecule has 102 valence electrons. The third-order valence-corrected chi connectivity index (χ3v) is 3.98. The first-order valence-electron chi connectivity index (χ1n) is 5.62. The molecule has 0 aliphatic carbocycles. The molecule has 0 bridgehead atoms. The Balaban J connectivity index is 1.98. The minimum absolute atomic E-state index is 0.0514. The average Bonchev–Trinajstić information content (AvgIpc) is 2.85. The molecule has 0 saturated carbocycles. The summed E-state index contributed by atoms with van der Waals surface area (Å²) in [7, 11) is 1.60. The van der Waals surface area contributed by atoms with Crippen LogP contribution in [0.15, 0.2) is 39.5 Å². The summed E-state index contributed by atoms with van der Waals surface area (Å²) in [5.74, 6) is 0.741. The van der Waals surface area contributed by atoms with Gasteiger partial charge in [0.2, 0.25) is 0 Å². The third-order valence-electron chi connectivity index (χ3n) is 2.63. The number of nitrogens with one attached hydrogen (secondary N) is 2. The van der Waals surface area contributed by atoms with Gasteiger partial charge in [0.25, 0.3) is 5.56 Å². The number of methoxy groups -OCH3 is 1. The summed E-state index contributed by atoms with van der Waals surface area (Å²) >= 11 is 7.10. The second-order valence-electron chi connectivity index (χ2n) is 3.88. The lowest BCUT2D eigenvalue weighted by Gasteiger charge is -1.98. The monoisotopic (exact) mass is 308 g/mol. The van der Waals surface area contributed by atoms with E-state index in [9.17, 15) is 4.79 Å². The molecule has 3 rings (SSSR count). The van der Waals surface area contributed by atoms with Gasteiger partial charge in [0, 0.05) is 6.07 Å². The molecule has 0 saturated heterocycles. The summed E-state index contributed by atoms with van der Waals surface area (Å²) in [6.45, 7) is 0. The van der Waals surface area contributed by atoms with Crippen molar-refractivity contribution in [2.24, 2.45) is 0 Å². The van der Waals surface area contributed by atoms with Crippen molar-refractivity contribution in [3.63, 3.8) is 0 Å². The fourth-order valence-electron chi connectivity index (χ4n) is 1.67. The smallest absolute Gasteiger partial charge is 0.270 e. The van der Waals surface area contributed by atoms with Crippen LogP contribution in [-0.4, -0.2) is 27.0 Å². The molecule has 2 aromatic heterocycles. The number of imidazole rings is 1. The standard InChI is InChI=1S/C12H9ClN4O2S/c1-19-6-2-3-7-8(4-6)17-12(16-7)20-11-9(13)10(18)14-5-15-11/h2-5H,1H3,(H,16,17)(H,14,15,18). The molecular formula is C12H9ClN4O2S. The van der Waals surface area contributed by atoms with E-state index in [1.165, 1.54) is 18.1 Å². The molecule has 0 atom stereocenters. The van der Waals surface area contributed by atoms with Crippen molar-refractivity contribution < 1.29 is 4.74 Å². The molecule has 0 aliphatic heterocycles. The maximum atomic E-state index is 11.4. The van der Waals surface area contributed by atoms with Gasteiger partial charge in [0.15, 0.2) is 5.16 Å². The van der Waals surface area contributed by atoms with Crippen LogP contribution in [0, 0.1) is 0 Å². The quantitative estimate of drug-likeness (QED) is 0.726. The summed E-state index contributed by atoms with van der Waals surface area (Å²) < 4.78 is 5.15. The molecular weight excluding hydrogens is 300 g/mol. The highest BCUT2D eigenvalue weighted by atomic mass is 35.5. The molecule has 0 aliphatic rings. The predicted octanol–water partition coefficient (Wildman–Crippen LogP) is 2.46. The Bertz CT molecular complexity index is 830. The van der Waals surface area contributed by atoms with Gasteiger partial charge in [-0.15, -0.1) is 0 Å². The highest BCUT2D eigenvalue weighted by Gasteiger charge is 2.11. The van der Waals surface area contributed by atoms with Crippen LogP contribution >= 0.6 is 23.4 Å². The second kappa shape index (κ2) is 5.18. The number of halogens is 1. The van der Waals surface area contributed by atoms with Crippen LogP contribution in [0.25, 0.3) is 11.0 Å². The molecule has 6 nitrogen and oxygen atoms in total. The largest absolute Gasteiger partial charge is 0.497 e. The molecule has 2 heterocycles. The topological polar surface area (TPSA) is 83.7 Å². The normalized spacial score (nSPS) is 10.9. The number of nitrogens with zero attached hydrogens (tertiary/aromatic N) is 2. The van der Waals surface area contributed by atoms with E-state index in [2.05, 4.69) is 19.9 Å².